The van der Waals surface area contributed by atoms with Crippen LogP contribution in [0.5, 0.6) is 0 Å². The molecule has 4 nitrogen and oxygen atoms in total. The number of allylic oxidation sites excluding steroid dienone is 2. The second kappa shape index (κ2) is 11.0. The van der Waals surface area contributed by atoms with Crippen LogP contribution in [-0.4, -0.2) is 24.6 Å². The lowest BCUT2D eigenvalue weighted by molar-refractivity contribution is 0.0538. The summed E-state index contributed by atoms with van der Waals surface area (Å²) in [4.78, 5) is 13.8. The fourth-order valence-corrected chi connectivity index (χ4v) is 12.2. The van der Waals surface area contributed by atoms with Gasteiger partial charge in [-0.1, -0.05) is 97.0 Å². The number of hydrogen-bond donors (Lipinski definition) is 0. The van der Waals surface area contributed by atoms with E-state index in [1.165, 1.54) is 11.1 Å². The molecule has 2 aromatic carbocycles. The second-order valence-electron chi connectivity index (χ2n) is 13.2. The van der Waals surface area contributed by atoms with Gasteiger partial charge < -0.3 is 9.16 Å². The molecule has 1 heterocycles. The van der Waals surface area contributed by atoms with Crippen molar-refractivity contribution in [3.63, 3.8) is 0 Å². The van der Waals surface area contributed by atoms with Gasteiger partial charge in [0.05, 0.1) is 11.3 Å². The van der Waals surface area contributed by atoms with E-state index in [0.29, 0.717) is 16.6 Å². The molecule has 1 aliphatic carbocycles. The summed E-state index contributed by atoms with van der Waals surface area (Å²) in [7, 11) is -2.17. The first-order chi connectivity index (χ1) is 18.3. The summed E-state index contributed by atoms with van der Waals surface area (Å²) in [5, 5.41) is 1.09. The summed E-state index contributed by atoms with van der Waals surface area (Å²) in [6.07, 6.45) is 2.78. The Balaban J connectivity index is 1.98. The zero-order chi connectivity index (χ0) is 28.7. The molecule has 2 unspecified atom stereocenters. The van der Waals surface area contributed by atoms with E-state index in [2.05, 4.69) is 97.0 Å². The van der Waals surface area contributed by atoms with Crippen molar-refractivity contribution in [1.82, 2.24) is 4.57 Å². The molecule has 0 N–H and O–H groups in total. The van der Waals surface area contributed by atoms with Crippen molar-refractivity contribution >= 4 is 25.3 Å². The fraction of sp³-hybridized carbons (Fsp3) is 0.500. The first kappa shape index (κ1) is 29.2. The SMILES string of the molecule is CC1CC(O[Si](C(C)C)(C(C)C)C(C)C)=CC(c2ccccc2)c2c1n(C(=O)OC(C)(C)C)c1ccccc21. The summed E-state index contributed by atoms with van der Waals surface area (Å²) in [5.41, 5.74) is 5.15. The Hall–Kier alpha value is -2.79. The molecule has 0 aliphatic heterocycles. The van der Waals surface area contributed by atoms with Crippen molar-refractivity contribution in [3.05, 3.63) is 83.3 Å². The Bertz CT molecular complexity index is 1320. The molecule has 1 aliphatic rings. The van der Waals surface area contributed by atoms with Crippen molar-refractivity contribution in [2.75, 3.05) is 0 Å². The van der Waals surface area contributed by atoms with Crippen LogP contribution in [0.1, 0.15) is 104 Å². The third-order valence-electron chi connectivity index (χ3n) is 8.34. The smallest absolute Gasteiger partial charge is 0.419 e. The lowest BCUT2D eigenvalue weighted by Crippen LogP contribution is -2.47. The molecule has 210 valence electrons. The molecular formula is C34H47NO3Si. The lowest BCUT2D eigenvalue weighted by atomic mass is 9.88. The number of benzene rings is 2. The van der Waals surface area contributed by atoms with Crippen molar-refractivity contribution in [1.29, 1.82) is 0 Å². The molecule has 4 rings (SSSR count). The highest BCUT2D eigenvalue weighted by atomic mass is 28.4. The number of ether oxygens (including phenoxy) is 1. The van der Waals surface area contributed by atoms with Crippen molar-refractivity contribution in [2.24, 2.45) is 0 Å². The summed E-state index contributed by atoms with van der Waals surface area (Å²) >= 11 is 0. The van der Waals surface area contributed by atoms with Gasteiger partial charge in [0.1, 0.15) is 5.60 Å². The monoisotopic (exact) mass is 545 g/mol. The van der Waals surface area contributed by atoms with Crippen LogP contribution in [0.3, 0.4) is 0 Å². The Morgan fingerprint density at radius 2 is 1.46 bits per heavy atom. The minimum atomic E-state index is -2.17. The number of para-hydroxylation sites is 1. The molecule has 0 fully saturated rings. The highest BCUT2D eigenvalue weighted by Gasteiger charge is 2.48. The molecule has 5 heteroatoms. The highest BCUT2D eigenvalue weighted by molar-refractivity contribution is 6.77. The standard InChI is InChI=1S/C34H47NO3Si/c1-22(2)39(23(3)4,24(5)6)38-27-20-25(7)32-31(29(21-27)26-16-12-11-13-17-26)28-18-14-15-19-30(28)35(32)33(36)37-34(8,9)10/h11-19,21-25,29H,20H2,1-10H3. The lowest BCUT2D eigenvalue weighted by Gasteiger charge is -2.43. The van der Waals surface area contributed by atoms with Crippen LogP contribution in [-0.2, 0) is 9.16 Å². The zero-order valence-electron chi connectivity index (χ0n) is 25.5. The van der Waals surface area contributed by atoms with E-state index in [1.807, 2.05) is 37.5 Å². The summed E-state index contributed by atoms with van der Waals surface area (Å²) in [6, 6.07) is 18.9. The van der Waals surface area contributed by atoms with E-state index in [1.54, 1.807) is 0 Å². The minimum absolute atomic E-state index is 0.0343. The van der Waals surface area contributed by atoms with Crippen LogP contribution in [0.15, 0.2) is 66.4 Å². The molecule has 1 aromatic heterocycles. The van der Waals surface area contributed by atoms with E-state index in [4.69, 9.17) is 9.16 Å². The van der Waals surface area contributed by atoms with Crippen LogP contribution >= 0.6 is 0 Å². The molecule has 0 spiro atoms. The topological polar surface area (TPSA) is 40.5 Å². The van der Waals surface area contributed by atoms with E-state index < -0.39 is 13.9 Å². The van der Waals surface area contributed by atoms with Crippen molar-refractivity contribution in [3.8, 4) is 0 Å². The first-order valence-corrected chi connectivity index (χ1v) is 16.7. The largest absolute Gasteiger partial charge is 0.546 e. The third-order valence-corrected chi connectivity index (χ3v) is 14.4. The maximum atomic E-state index is 13.8. The van der Waals surface area contributed by atoms with Crippen LogP contribution in [0.2, 0.25) is 16.6 Å². The maximum Gasteiger partial charge on any atom is 0.419 e. The predicted octanol–water partition coefficient (Wildman–Crippen LogP) is 10.1. The molecule has 0 saturated heterocycles. The van der Waals surface area contributed by atoms with Crippen molar-refractivity contribution < 1.29 is 14.0 Å². The Morgan fingerprint density at radius 3 is 2.03 bits per heavy atom. The van der Waals surface area contributed by atoms with Gasteiger partial charge in [-0.2, -0.15) is 0 Å². The van der Waals surface area contributed by atoms with Gasteiger partial charge >= 0.3 is 6.09 Å². The Morgan fingerprint density at radius 1 is 0.897 bits per heavy atom. The average Bonchev–Trinajstić information content (AvgIpc) is 3.12. The predicted molar refractivity (Wildman–Crippen MR) is 165 cm³/mol. The summed E-state index contributed by atoms with van der Waals surface area (Å²) in [6.45, 7) is 22.0. The fourth-order valence-electron chi connectivity index (χ4n) is 6.92. The number of carbonyl (C=O) groups excluding carboxylic acids is 1. The number of fused-ring (bicyclic) bond motifs is 3. The van der Waals surface area contributed by atoms with Gasteiger partial charge in [0, 0.05) is 29.3 Å². The van der Waals surface area contributed by atoms with Gasteiger partial charge in [-0.15, -0.1) is 0 Å². The molecule has 0 bridgehead atoms. The van der Waals surface area contributed by atoms with Gasteiger partial charge in [-0.05, 0) is 60.7 Å². The maximum absolute atomic E-state index is 13.8. The molecule has 0 saturated carbocycles. The van der Waals surface area contributed by atoms with Gasteiger partial charge in [-0.25, -0.2) is 9.36 Å². The van der Waals surface area contributed by atoms with Crippen LogP contribution in [0.25, 0.3) is 10.9 Å². The van der Waals surface area contributed by atoms with E-state index in [0.717, 1.165) is 28.8 Å². The Kier molecular flexibility index (Phi) is 8.23. The van der Waals surface area contributed by atoms with Gasteiger partial charge in [0.25, 0.3) is 8.32 Å². The normalized spacial score (nSPS) is 18.3. The number of carbonyl (C=O) groups is 1. The third kappa shape index (κ3) is 5.48. The minimum Gasteiger partial charge on any atom is -0.546 e. The second-order valence-corrected chi connectivity index (χ2v) is 18.6. The molecule has 0 radical (unpaired) electrons. The number of aromatic nitrogens is 1. The van der Waals surface area contributed by atoms with Crippen molar-refractivity contribution in [2.45, 2.75) is 110 Å². The number of nitrogens with zero attached hydrogens (tertiary/aromatic N) is 1. The number of rotatable bonds is 6. The van der Waals surface area contributed by atoms with Gasteiger partial charge in [0.2, 0.25) is 0 Å². The van der Waals surface area contributed by atoms with E-state index in [-0.39, 0.29) is 17.9 Å². The number of hydrogen-bond acceptors (Lipinski definition) is 3. The van der Waals surface area contributed by atoms with Crippen LogP contribution in [0, 0.1) is 0 Å². The highest BCUT2D eigenvalue weighted by Crippen LogP contribution is 2.49. The van der Waals surface area contributed by atoms with E-state index >= 15 is 0 Å². The zero-order valence-corrected chi connectivity index (χ0v) is 26.5. The molecule has 39 heavy (non-hydrogen) atoms. The first-order valence-electron chi connectivity index (χ1n) is 14.6. The summed E-state index contributed by atoms with van der Waals surface area (Å²) < 4.78 is 15.1. The molecule has 3 aromatic rings. The average molecular weight is 546 g/mol. The van der Waals surface area contributed by atoms with Crippen LogP contribution in [0.4, 0.5) is 4.79 Å². The van der Waals surface area contributed by atoms with Gasteiger partial charge in [-0.3, -0.25) is 0 Å². The summed E-state index contributed by atoms with van der Waals surface area (Å²) in [5.74, 6) is 1.10. The van der Waals surface area contributed by atoms with Crippen LogP contribution < -0.4 is 0 Å². The molecular weight excluding hydrogens is 498 g/mol. The molecule has 0 amide bonds. The molecule has 2 atom stereocenters. The quantitative estimate of drug-likeness (QED) is 0.289. The van der Waals surface area contributed by atoms with Gasteiger partial charge in [0.15, 0.2) is 0 Å². The Labute approximate surface area is 236 Å². The van der Waals surface area contributed by atoms with E-state index in [9.17, 15) is 4.79 Å².